The minimum absolute atomic E-state index is 1.10. The van der Waals surface area contributed by atoms with Gasteiger partial charge in [-0.05, 0) is 98.9 Å². The number of rotatable bonds is 8. The Balaban J connectivity index is 1.59. The van der Waals surface area contributed by atoms with Crippen LogP contribution in [0.3, 0.4) is 0 Å². The molecule has 4 nitrogen and oxygen atoms in total. The first-order valence-electron chi connectivity index (χ1n) is 16.6. The summed E-state index contributed by atoms with van der Waals surface area (Å²) in [7, 11) is -12.2. The highest BCUT2D eigenvalue weighted by Crippen LogP contribution is 2.34. The minimum Gasteiger partial charge on any atom is -0.410 e. The van der Waals surface area contributed by atoms with Gasteiger partial charge in [-0.2, -0.15) is 0 Å². The molecule has 0 atom stereocenters. The molecule has 0 N–H and O–H groups in total. The first kappa shape index (κ1) is 35.8. The molecule has 1 aliphatic heterocycles. The van der Waals surface area contributed by atoms with E-state index in [1.807, 2.05) is 0 Å². The van der Waals surface area contributed by atoms with E-state index in [1.54, 1.807) is 0 Å². The molecule has 0 spiro atoms. The highest BCUT2D eigenvalue weighted by molar-refractivity contribution is 6.98. The Morgan fingerprint density at radius 3 is 0.646 bits per heavy atom. The van der Waals surface area contributed by atoms with Crippen LogP contribution in [0.2, 0.25) is 26.2 Å². The molecule has 4 aromatic rings. The van der Waals surface area contributed by atoms with Crippen LogP contribution in [-0.4, -0.2) is 34.2 Å². The average Bonchev–Trinajstić information content (AvgIpc) is 3.03. The van der Waals surface area contributed by atoms with Crippen molar-refractivity contribution in [3.63, 3.8) is 0 Å². The lowest BCUT2D eigenvalue weighted by Crippen LogP contribution is -2.66. The van der Waals surface area contributed by atoms with Crippen LogP contribution in [0.5, 0.6) is 0 Å². The van der Waals surface area contributed by atoms with Crippen molar-refractivity contribution in [2.45, 2.75) is 53.9 Å². The Morgan fingerprint density at radius 1 is 0.312 bits per heavy atom. The normalized spacial score (nSPS) is 26.8. The van der Waals surface area contributed by atoms with Crippen molar-refractivity contribution in [1.29, 1.82) is 0 Å². The molecule has 0 unspecified atom stereocenters. The topological polar surface area (TPSA) is 36.9 Å². The van der Waals surface area contributed by atoms with Gasteiger partial charge < -0.3 is 16.5 Å². The summed E-state index contributed by atoms with van der Waals surface area (Å²) >= 11 is 0. The molecule has 1 fully saturated rings. The molecule has 248 valence electrons. The van der Waals surface area contributed by atoms with Crippen molar-refractivity contribution >= 4 is 58.5 Å². The van der Waals surface area contributed by atoms with E-state index in [2.05, 4.69) is 198 Å². The summed E-state index contributed by atoms with van der Waals surface area (Å²) in [5.74, 6) is 0. The first-order valence-corrected chi connectivity index (χ1v) is 26.1. The standard InChI is InChI=1S/C40H48O4Si4/c1-33-9-17-37(18-10-33)25-29-45(5)41-46(6,30-26-38-19-11-34(2)12-20-38)43-48(8,32-28-40-23-15-36(4)16-24-40)44-47(7,42-45)31-27-39-21-13-35(3)14-22-39/h9-32H,1-8H3/b29-25+,30-26+,31-27+,32-28+. The third-order valence-corrected chi connectivity index (χ3v) is 24.3. The van der Waals surface area contributed by atoms with Gasteiger partial charge in [0.1, 0.15) is 0 Å². The van der Waals surface area contributed by atoms with Crippen LogP contribution < -0.4 is 0 Å². The Hall–Kier alpha value is -3.45. The summed E-state index contributed by atoms with van der Waals surface area (Å²) in [6.07, 6.45) is 8.49. The second-order valence-corrected chi connectivity index (χ2v) is 26.2. The number of hydrogen-bond donors (Lipinski definition) is 0. The second-order valence-electron chi connectivity index (χ2n) is 13.4. The van der Waals surface area contributed by atoms with Gasteiger partial charge in [0.25, 0.3) is 0 Å². The summed E-state index contributed by atoms with van der Waals surface area (Å²) in [4.78, 5) is 0. The first-order chi connectivity index (χ1) is 22.7. The quantitative estimate of drug-likeness (QED) is 0.171. The fourth-order valence-electron chi connectivity index (χ4n) is 5.67. The molecular formula is C40H48O4Si4. The Bertz CT molecular complexity index is 1510. The number of aryl methyl sites for hydroxylation is 4. The van der Waals surface area contributed by atoms with E-state index in [1.165, 1.54) is 22.3 Å². The summed E-state index contributed by atoms with van der Waals surface area (Å²) < 4.78 is 29.1. The van der Waals surface area contributed by atoms with E-state index in [9.17, 15) is 0 Å². The van der Waals surface area contributed by atoms with Crippen molar-refractivity contribution in [3.05, 3.63) is 164 Å². The predicted molar refractivity (Wildman–Crippen MR) is 212 cm³/mol. The van der Waals surface area contributed by atoms with Crippen molar-refractivity contribution < 1.29 is 16.5 Å². The van der Waals surface area contributed by atoms with Crippen LogP contribution in [0.15, 0.2) is 120 Å². The fourth-order valence-corrected chi connectivity index (χ4v) is 24.9. The summed E-state index contributed by atoms with van der Waals surface area (Å²) in [5.41, 5.74) is 17.9. The minimum atomic E-state index is -3.05. The molecule has 0 amide bonds. The SMILES string of the molecule is Cc1ccc(/C=C/[Si]2(C)O[Si](C)(/C=C/c3ccc(C)cc3)O[Si](C)(/C=C/c3ccc(C)cc3)O[Si](C)(/C=C/c3ccc(C)cc3)O2)cc1. The molecule has 0 bridgehead atoms. The number of benzene rings is 4. The van der Waals surface area contributed by atoms with E-state index in [-0.39, 0.29) is 0 Å². The Morgan fingerprint density at radius 2 is 0.479 bits per heavy atom. The smallest absolute Gasteiger partial charge is 0.344 e. The van der Waals surface area contributed by atoms with Crippen LogP contribution in [0, 0.1) is 27.7 Å². The third-order valence-electron chi connectivity index (χ3n) is 8.24. The van der Waals surface area contributed by atoms with Crippen LogP contribution in [0.4, 0.5) is 0 Å². The lowest BCUT2D eigenvalue weighted by Gasteiger charge is -2.47. The molecule has 48 heavy (non-hydrogen) atoms. The molecule has 8 heteroatoms. The molecule has 0 radical (unpaired) electrons. The summed E-state index contributed by atoms with van der Waals surface area (Å²) in [5, 5.41) is 0. The molecule has 4 aromatic carbocycles. The van der Waals surface area contributed by atoms with Crippen LogP contribution >= 0.6 is 0 Å². The highest BCUT2D eigenvalue weighted by atomic mass is 28.5. The maximum Gasteiger partial charge on any atom is 0.344 e. The Labute approximate surface area is 292 Å². The lowest BCUT2D eigenvalue weighted by atomic mass is 10.2. The van der Waals surface area contributed by atoms with Gasteiger partial charge in [-0.3, -0.25) is 0 Å². The molecule has 1 saturated heterocycles. The average molecular weight is 705 g/mol. The zero-order valence-corrected chi connectivity index (χ0v) is 33.5. The third kappa shape index (κ3) is 10.3. The largest absolute Gasteiger partial charge is 0.410 e. The van der Waals surface area contributed by atoms with Crippen molar-refractivity contribution in [2.24, 2.45) is 0 Å². The van der Waals surface area contributed by atoms with Gasteiger partial charge >= 0.3 is 34.2 Å². The Kier molecular flexibility index (Phi) is 11.2. The van der Waals surface area contributed by atoms with Crippen molar-refractivity contribution in [2.75, 3.05) is 0 Å². The molecule has 5 rings (SSSR count). The zero-order valence-electron chi connectivity index (χ0n) is 29.5. The van der Waals surface area contributed by atoms with Crippen LogP contribution in [0.1, 0.15) is 44.5 Å². The van der Waals surface area contributed by atoms with E-state index >= 15 is 0 Å². The molecule has 0 aromatic heterocycles. The van der Waals surface area contributed by atoms with Gasteiger partial charge in [0.05, 0.1) is 0 Å². The van der Waals surface area contributed by atoms with Crippen LogP contribution in [0.25, 0.3) is 24.3 Å². The van der Waals surface area contributed by atoms with Crippen molar-refractivity contribution in [1.82, 2.24) is 0 Å². The van der Waals surface area contributed by atoms with Gasteiger partial charge in [-0.25, -0.2) is 0 Å². The highest BCUT2D eigenvalue weighted by Gasteiger charge is 2.54. The van der Waals surface area contributed by atoms with Gasteiger partial charge in [0, 0.05) is 0 Å². The fraction of sp³-hybridized carbons (Fsp3) is 0.200. The predicted octanol–water partition coefficient (Wildman–Crippen LogP) is 10.6. The summed E-state index contributed by atoms with van der Waals surface area (Å²) in [6, 6.07) is 34.0. The molecule has 0 saturated carbocycles. The van der Waals surface area contributed by atoms with E-state index in [4.69, 9.17) is 16.5 Å². The lowest BCUT2D eigenvalue weighted by molar-refractivity contribution is 0.251. The zero-order chi connectivity index (χ0) is 34.4. The second kappa shape index (κ2) is 15.0. The maximum absolute atomic E-state index is 7.27. The monoisotopic (exact) mass is 704 g/mol. The van der Waals surface area contributed by atoms with E-state index in [0.29, 0.717) is 0 Å². The van der Waals surface area contributed by atoms with Crippen LogP contribution in [-0.2, 0) is 16.5 Å². The molecule has 0 aliphatic carbocycles. The van der Waals surface area contributed by atoms with Gasteiger partial charge in [0.15, 0.2) is 0 Å². The van der Waals surface area contributed by atoms with Gasteiger partial charge in [-0.1, -0.05) is 144 Å². The van der Waals surface area contributed by atoms with E-state index in [0.717, 1.165) is 22.3 Å². The van der Waals surface area contributed by atoms with Gasteiger partial charge in [-0.15, -0.1) is 0 Å². The maximum atomic E-state index is 7.27. The van der Waals surface area contributed by atoms with E-state index < -0.39 is 34.2 Å². The molecule has 1 heterocycles. The molecular weight excluding hydrogens is 657 g/mol. The molecule has 1 aliphatic rings. The van der Waals surface area contributed by atoms with Crippen molar-refractivity contribution in [3.8, 4) is 0 Å². The summed E-state index contributed by atoms with van der Waals surface area (Å²) in [6.45, 7) is 16.9. The van der Waals surface area contributed by atoms with Gasteiger partial charge in [0.2, 0.25) is 0 Å². The number of hydrogen-bond acceptors (Lipinski definition) is 4.